The third-order valence-corrected chi connectivity index (χ3v) is 4.90. The summed E-state index contributed by atoms with van der Waals surface area (Å²) in [5.74, 6) is 0.359. The summed E-state index contributed by atoms with van der Waals surface area (Å²) in [6, 6.07) is 11.1. The van der Waals surface area contributed by atoms with Gasteiger partial charge in [-0.3, -0.25) is 9.78 Å². The number of rotatable bonds is 5. The summed E-state index contributed by atoms with van der Waals surface area (Å²) in [7, 11) is 0. The second kappa shape index (κ2) is 8.42. The average Bonchev–Trinajstić information content (AvgIpc) is 2.63. The lowest BCUT2D eigenvalue weighted by molar-refractivity contribution is 0.102. The van der Waals surface area contributed by atoms with Crippen molar-refractivity contribution < 1.29 is 4.79 Å². The number of halogens is 2. The molecule has 1 aromatic carbocycles. The predicted octanol–water partition coefficient (Wildman–Crippen LogP) is 4.83. The van der Waals surface area contributed by atoms with Gasteiger partial charge in [-0.2, -0.15) is 0 Å². The molecule has 25 heavy (non-hydrogen) atoms. The SMILES string of the molecule is O=C(Nc1cccnc1)c1nc(SCc2ccc(Cl)cc2)ncc1Br. The van der Waals surface area contributed by atoms with Crippen molar-refractivity contribution in [3.63, 3.8) is 0 Å². The lowest BCUT2D eigenvalue weighted by atomic mass is 10.2. The third-order valence-electron chi connectivity index (χ3n) is 3.14. The first-order valence-electron chi connectivity index (χ1n) is 7.23. The number of pyridine rings is 1. The molecular weight excluding hydrogens is 424 g/mol. The molecular formula is C17H12BrClN4OS. The van der Waals surface area contributed by atoms with E-state index in [1.165, 1.54) is 11.8 Å². The Morgan fingerprint density at radius 1 is 1.20 bits per heavy atom. The number of hydrogen-bond donors (Lipinski definition) is 1. The Balaban J connectivity index is 1.71. The molecule has 0 bridgehead atoms. The fourth-order valence-electron chi connectivity index (χ4n) is 1.94. The van der Waals surface area contributed by atoms with Gasteiger partial charge in [0.2, 0.25) is 0 Å². The van der Waals surface area contributed by atoms with Gasteiger partial charge in [0, 0.05) is 23.2 Å². The van der Waals surface area contributed by atoms with Crippen molar-refractivity contribution >= 4 is 50.9 Å². The molecule has 5 nitrogen and oxygen atoms in total. The molecule has 0 atom stereocenters. The summed E-state index contributed by atoms with van der Waals surface area (Å²) in [5.41, 5.74) is 1.98. The monoisotopic (exact) mass is 434 g/mol. The molecule has 0 saturated carbocycles. The normalized spacial score (nSPS) is 10.5. The average molecular weight is 436 g/mol. The second-order valence-electron chi connectivity index (χ2n) is 4.96. The largest absolute Gasteiger partial charge is 0.319 e. The van der Waals surface area contributed by atoms with Crippen molar-refractivity contribution in [2.75, 3.05) is 5.32 Å². The molecule has 0 radical (unpaired) electrons. The van der Waals surface area contributed by atoms with Crippen LogP contribution < -0.4 is 5.32 Å². The van der Waals surface area contributed by atoms with Gasteiger partial charge in [0.05, 0.1) is 16.4 Å². The number of benzene rings is 1. The summed E-state index contributed by atoms with van der Waals surface area (Å²) < 4.78 is 0.532. The molecule has 0 spiro atoms. The van der Waals surface area contributed by atoms with E-state index in [2.05, 4.69) is 36.2 Å². The van der Waals surface area contributed by atoms with Crippen LogP contribution >= 0.6 is 39.3 Å². The molecule has 0 saturated heterocycles. The van der Waals surface area contributed by atoms with Crippen LogP contribution in [0.2, 0.25) is 5.02 Å². The summed E-state index contributed by atoms with van der Waals surface area (Å²) in [6.07, 6.45) is 4.79. The van der Waals surface area contributed by atoms with Gasteiger partial charge in [0.25, 0.3) is 5.91 Å². The van der Waals surface area contributed by atoms with Crippen molar-refractivity contribution in [3.05, 3.63) is 75.7 Å². The molecule has 2 heterocycles. The van der Waals surface area contributed by atoms with Crippen LogP contribution in [0.3, 0.4) is 0 Å². The van der Waals surface area contributed by atoms with E-state index in [9.17, 15) is 4.79 Å². The minimum atomic E-state index is -0.324. The van der Waals surface area contributed by atoms with E-state index in [0.29, 0.717) is 26.1 Å². The fourth-order valence-corrected chi connectivity index (χ4v) is 3.20. The third kappa shape index (κ3) is 5.01. The molecule has 0 unspecified atom stereocenters. The molecule has 1 N–H and O–H groups in total. The van der Waals surface area contributed by atoms with Crippen LogP contribution in [0.4, 0.5) is 5.69 Å². The maximum atomic E-state index is 12.4. The molecule has 3 aromatic rings. The van der Waals surface area contributed by atoms with Crippen LogP contribution in [0.1, 0.15) is 16.1 Å². The highest BCUT2D eigenvalue weighted by atomic mass is 79.9. The quantitative estimate of drug-likeness (QED) is 0.459. The number of nitrogens with one attached hydrogen (secondary N) is 1. The lowest BCUT2D eigenvalue weighted by Crippen LogP contribution is -2.15. The molecule has 0 aliphatic rings. The van der Waals surface area contributed by atoms with Crippen LogP contribution in [0.15, 0.2) is 64.6 Å². The van der Waals surface area contributed by atoms with Crippen molar-refractivity contribution in [3.8, 4) is 0 Å². The topological polar surface area (TPSA) is 67.8 Å². The highest BCUT2D eigenvalue weighted by molar-refractivity contribution is 9.10. The van der Waals surface area contributed by atoms with Gasteiger partial charge < -0.3 is 5.32 Å². The molecule has 0 aliphatic heterocycles. The van der Waals surface area contributed by atoms with E-state index in [-0.39, 0.29) is 11.6 Å². The van der Waals surface area contributed by atoms with Gasteiger partial charge in [-0.25, -0.2) is 9.97 Å². The number of nitrogens with zero attached hydrogens (tertiary/aromatic N) is 3. The zero-order valence-electron chi connectivity index (χ0n) is 12.8. The predicted molar refractivity (Wildman–Crippen MR) is 103 cm³/mol. The Morgan fingerprint density at radius 3 is 2.72 bits per heavy atom. The fraction of sp³-hybridized carbons (Fsp3) is 0.0588. The number of thioether (sulfide) groups is 1. The Morgan fingerprint density at radius 2 is 2.00 bits per heavy atom. The molecule has 3 rings (SSSR count). The Kier molecular flexibility index (Phi) is 6.01. The number of carbonyl (C=O) groups is 1. The molecule has 2 aromatic heterocycles. The standard InChI is InChI=1S/C17H12BrClN4OS/c18-14-9-21-17(25-10-11-3-5-12(19)6-4-11)23-15(14)16(24)22-13-2-1-7-20-8-13/h1-9H,10H2,(H,22,24). The summed E-state index contributed by atoms with van der Waals surface area (Å²) in [6.45, 7) is 0. The van der Waals surface area contributed by atoms with Gasteiger partial charge in [0.1, 0.15) is 5.69 Å². The van der Waals surface area contributed by atoms with Crippen molar-refractivity contribution in [1.29, 1.82) is 0 Å². The first kappa shape index (κ1) is 17.8. The molecule has 126 valence electrons. The summed E-state index contributed by atoms with van der Waals surface area (Å²) in [4.78, 5) is 25.0. The van der Waals surface area contributed by atoms with Gasteiger partial charge in [0.15, 0.2) is 5.16 Å². The number of aromatic nitrogens is 3. The van der Waals surface area contributed by atoms with Gasteiger partial charge in [-0.05, 0) is 45.8 Å². The molecule has 0 fully saturated rings. The van der Waals surface area contributed by atoms with Crippen LogP contribution in [-0.4, -0.2) is 20.9 Å². The number of carbonyl (C=O) groups excluding carboxylic acids is 1. The van der Waals surface area contributed by atoms with E-state index in [1.54, 1.807) is 30.7 Å². The molecule has 8 heteroatoms. The first-order chi connectivity index (χ1) is 12.1. The lowest BCUT2D eigenvalue weighted by Gasteiger charge is -2.07. The van der Waals surface area contributed by atoms with Crippen LogP contribution in [0.25, 0.3) is 0 Å². The molecule has 1 amide bonds. The number of amides is 1. The van der Waals surface area contributed by atoms with E-state index >= 15 is 0 Å². The Hall–Kier alpha value is -1.96. The highest BCUT2D eigenvalue weighted by Gasteiger charge is 2.14. The minimum absolute atomic E-state index is 0.275. The van der Waals surface area contributed by atoms with E-state index < -0.39 is 0 Å². The van der Waals surface area contributed by atoms with Gasteiger partial charge in [-0.1, -0.05) is 35.5 Å². The van der Waals surface area contributed by atoms with E-state index in [0.717, 1.165) is 5.56 Å². The van der Waals surface area contributed by atoms with Crippen molar-refractivity contribution in [2.45, 2.75) is 10.9 Å². The zero-order chi connectivity index (χ0) is 17.6. The number of anilines is 1. The van der Waals surface area contributed by atoms with Crippen LogP contribution in [-0.2, 0) is 5.75 Å². The second-order valence-corrected chi connectivity index (χ2v) is 7.19. The Bertz CT molecular complexity index is 878. The van der Waals surface area contributed by atoms with Crippen molar-refractivity contribution in [2.24, 2.45) is 0 Å². The summed E-state index contributed by atoms with van der Waals surface area (Å²) >= 11 is 10.7. The maximum absolute atomic E-state index is 12.4. The smallest absolute Gasteiger partial charge is 0.275 e. The first-order valence-corrected chi connectivity index (χ1v) is 9.38. The number of hydrogen-bond acceptors (Lipinski definition) is 5. The van der Waals surface area contributed by atoms with Gasteiger partial charge >= 0.3 is 0 Å². The van der Waals surface area contributed by atoms with Gasteiger partial charge in [-0.15, -0.1) is 0 Å². The van der Waals surface area contributed by atoms with Crippen LogP contribution in [0.5, 0.6) is 0 Å². The highest BCUT2D eigenvalue weighted by Crippen LogP contribution is 2.23. The minimum Gasteiger partial charge on any atom is -0.319 e. The molecule has 0 aliphatic carbocycles. The zero-order valence-corrected chi connectivity index (χ0v) is 16.0. The summed E-state index contributed by atoms with van der Waals surface area (Å²) in [5, 5.41) is 3.98. The Labute approximate surface area is 162 Å². The van der Waals surface area contributed by atoms with Crippen LogP contribution in [0, 0.1) is 0 Å². The maximum Gasteiger partial charge on any atom is 0.275 e. The van der Waals surface area contributed by atoms with E-state index in [4.69, 9.17) is 11.6 Å². The van der Waals surface area contributed by atoms with Crippen molar-refractivity contribution in [1.82, 2.24) is 15.0 Å². The van der Waals surface area contributed by atoms with E-state index in [1.807, 2.05) is 24.3 Å².